The summed E-state index contributed by atoms with van der Waals surface area (Å²) in [5.74, 6) is -1.87. The minimum absolute atomic E-state index is 0.0453. The van der Waals surface area contributed by atoms with Crippen LogP contribution < -0.4 is 24.8 Å². The van der Waals surface area contributed by atoms with Crippen molar-refractivity contribution in [3.8, 4) is 22.8 Å². The van der Waals surface area contributed by atoms with Crippen molar-refractivity contribution >= 4 is 44.7 Å². The third kappa shape index (κ3) is 9.10. The summed E-state index contributed by atoms with van der Waals surface area (Å²) in [5, 5.41) is 6.03. The van der Waals surface area contributed by atoms with Crippen molar-refractivity contribution in [2.45, 2.75) is 81.3 Å². The van der Waals surface area contributed by atoms with Gasteiger partial charge < -0.3 is 29.7 Å². The molecule has 1 unspecified atom stereocenters. The molecule has 0 bridgehead atoms. The molecule has 2 aliphatic carbocycles. The second-order valence-corrected chi connectivity index (χ2v) is 19.4. The van der Waals surface area contributed by atoms with Crippen LogP contribution in [0.15, 0.2) is 97.6 Å². The largest absolute Gasteiger partial charge is 0.497 e. The molecule has 3 N–H and O–H groups in total. The predicted molar refractivity (Wildman–Crippen MR) is 230 cm³/mol. The van der Waals surface area contributed by atoms with E-state index in [1.54, 1.807) is 52.1 Å². The van der Waals surface area contributed by atoms with Crippen LogP contribution in [0.1, 0.15) is 52.0 Å². The molecule has 1 aromatic heterocycles. The number of halogens is 1. The number of carbonyl (C=O) groups is 4. The first kappa shape index (κ1) is 44.0. The second kappa shape index (κ2) is 17.4. The number of alkyl carbamates (subject to hydrolysis) is 1. The van der Waals surface area contributed by atoms with Gasteiger partial charge in [0.25, 0.3) is 5.91 Å². The van der Waals surface area contributed by atoms with E-state index in [1.165, 1.54) is 11.0 Å². The van der Waals surface area contributed by atoms with Crippen molar-refractivity contribution in [3.63, 3.8) is 0 Å². The Morgan fingerprint density at radius 2 is 1.71 bits per heavy atom. The summed E-state index contributed by atoms with van der Waals surface area (Å²) in [4.78, 5) is 62.4. The first-order valence-electron chi connectivity index (χ1n) is 20.6. The molecule has 14 nitrogen and oxygen atoms in total. The molecule has 1 aliphatic heterocycles. The minimum atomic E-state index is -4.19. The summed E-state index contributed by atoms with van der Waals surface area (Å²) >= 11 is 0. The molecule has 62 heavy (non-hydrogen) atoms. The Morgan fingerprint density at radius 3 is 2.32 bits per heavy atom. The van der Waals surface area contributed by atoms with Gasteiger partial charge in [-0.2, -0.15) is 0 Å². The van der Waals surface area contributed by atoms with Crippen LogP contribution in [0.3, 0.4) is 0 Å². The van der Waals surface area contributed by atoms with E-state index < -0.39 is 86.9 Å². The number of ether oxygens (including phenoxy) is 3. The van der Waals surface area contributed by atoms with Gasteiger partial charge in [0.15, 0.2) is 0 Å². The number of nitrogens with zero attached hydrogens (tertiary/aromatic N) is 2. The van der Waals surface area contributed by atoms with Gasteiger partial charge in [0.05, 0.1) is 29.6 Å². The smallest absolute Gasteiger partial charge is 0.407 e. The van der Waals surface area contributed by atoms with Gasteiger partial charge in [0.2, 0.25) is 21.8 Å². The summed E-state index contributed by atoms with van der Waals surface area (Å²) in [6.07, 6.45) is 0.673. The first-order valence-corrected chi connectivity index (χ1v) is 22.1. The topological polar surface area (TPSA) is 182 Å². The molecule has 7 rings (SSSR count). The van der Waals surface area contributed by atoms with Crippen LogP contribution in [-0.2, 0) is 35.6 Å². The zero-order valence-corrected chi connectivity index (χ0v) is 36.0. The van der Waals surface area contributed by atoms with Crippen LogP contribution in [0.25, 0.3) is 22.2 Å². The van der Waals surface area contributed by atoms with Crippen molar-refractivity contribution in [1.29, 1.82) is 0 Å². The average Bonchev–Trinajstić information content (AvgIpc) is 4.16. The summed E-state index contributed by atoms with van der Waals surface area (Å²) in [7, 11) is -2.64. The predicted octanol–water partition coefficient (Wildman–Crippen LogP) is 5.65. The number of methoxy groups -OCH3 is 1. The Bertz CT molecular complexity index is 2460. The quantitative estimate of drug-likeness (QED) is 0.119. The van der Waals surface area contributed by atoms with Crippen molar-refractivity contribution in [1.82, 2.24) is 25.2 Å². The number of alkyl halides is 1. The molecule has 328 valence electrons. The maximum absolute atomic E-state index is 14.7. The standard InChI is InChI=1S/C46H52FN5O9S/c1-6-31-27-46(31,42(55)51-62(57,58)45(19-20-45)26-29-13-9-7-10-14-29)50-40(53)37-24-33(28-52(37)41(54)39(44(2,3)4)49-43(56)60-22-21-47)61-38-25-35(30-15-11-8-12-16-30)48-36-23-32(59-5)17-18-34(36)38/h6-18,23,25,31,33,37,39H,1,19-22,24,26-28H2,2-5H3,(H,49,56)(H,50,53)(H,51,55)/t31?,33-,37+,39-,46+/m1/s1. The van der Waals surface area contributed by atoms with E-state index in [0.29, 0.717) is 40.9 Å². The monoisotopic (exact) mass is 869 g/mol. The van der Waals surface area contributed by atoms with Crippen molar-refractivity contribution in [2.75, 3.05) is 26.9 Å². The van der Waals surface area contributed by atoms with Gasteiger partial charge in [0.1, 0.15) is 48.5 Å². The number of benzene rings is 3. The van der Waals surface area contributed by atoms with E-state index in [2.05, 4.69) is 21.9 Å². The number of aromatic nitrogens is 1. The third-order valence-corrected chi connectivity index (χ3v) is 14.0. The fourth-order valence-electron chi connectivity index (χ4n) is 8.12. The zero-order valence-electron chi connectivity index (χ0n) is 35.2. The molecule has 2 saturated carbocycles. The Kier molecular flexibility index (Phi) is 12.3. The van der Waals surface area contributed by atoms with Crippen molar-refractivity contribution in [3.05, 3.63) is 103 Å². The fourth-order valence-corrected chi connectivity index (χ4v) is 9.76. The summed E-state index contributed by atoms with van der Waals surface area (Å²) in [6, 6.07) is 23.3. The molecule has 4 aromatic rings. The molecule has 2 heterocycles. The highest BCUT2D eigenvalue weighted by molar-refractivity contribution is 7.91. The van der Waals surface area contributed by atoms with Gasteiger partial charge in [-0.25, -0.2) is 22.6 Å². The summed E-state index contributed by atoms with van der Waals surface area (Å²) < 4.78 is 58.8. The normalized spacial score (nSPS) is 21.9. The van der Waals surface area contributed by atoms with E-state index in [1.807, 2.05) is 60.7 Å². The molecule has 4 amide bonds. The minimum Gasteiger partial charge on any atom is -0.497 e. The van der Waals surface area contributed by atoms with E-state index in [-0.39, 0.29) is 25.8 Å². The highest BCUT2D eigenvalue weighted by atomic mass is 32.2. The maximum Gasteiger partial charge on any atom is 0.407 e. The van der Waals surface area contributed by atoms with Crippen LogP contribution in [-0.4, -0.2) is 97.5 Å². The Hall–Kier alpha value is -6.03. The average molecular weight is 870 g/mol. The number of hydrogen-bond acceptors (Lipinski definition) is 10. The van der Waals surface area contributed by atoms with E-state index >= 15 is 0 Å². The van der Waals surface area contributed by atoms with E-state index in [0.717, 1.165) is 11.1 Å². The van der Waals surface area contributed by atoms with Gasteiger partial charge >= 0.3 is 6.09 Å². The van der Waals surface area contributed by atoms with Crippen LogP contribution in [0.5, 0.6) is 11.5 Å². The van der Waals surface area contributed by atoms with Crippen molar-refractivity contribution in [2.24, 2.45) is 11.3 Å². The first-order chi connectivity index (χ1) is 29.5. The lowest BCUT2D eigenvalue weighted by Gasteiger charge is -2.35. The maximum atomic E-state index is 14.7. The lowest BCUT2D eigenvalue weighted by Crippen LogP contribution is -2.60. The van der Waals surface area contributed by atoms with Crippen LogP contribution in [0.2, 0.25) is 0 Å². The lowest BCUT2D eigenvalue weighted by atomic mass is 9.85. The number of nitrogens with one attached hydrogen (secondary N) is 3. The number of hydrogen-bond donors (Lipinski definition) is 3. The number of pyridine rings is 1. The second-order valence-electron chi connectivity index (χ2n) is 17.3. The Labute approximate surface area is 360 Å². The molecular weight excluding hydrogens is 818 g/mol. The van der Waals surface area contributed by atoms with Crippen LogP contribution >= 0.6 is 0 Å². The Balaban J connectivity index is 1.19. The summed E-state index contributed by atoms with van der Waals surface area (Å²) in [6.45, 7) is 7.42. The van der Waals surface area contributed by atoms with Crippen molar-refractivity contribution < 1.29 is 46.2 Å². The zero-order chi connectivity index (χ0) is 44.5. The third-order valence-electron chi connectivity index (χ3n) is 11.9. The number of rotatable bonds is 16. The number of amides is 4. The molecule has 0 spiro atoms. The molecular formula is C46H52FN5O9S. The SMILES string of the molecule is C=CC1C[C@@]1(NC(=O)[C@@H]1C[C@@H](Oc2cc(-c3ccccc3)nc3cc(OC)ccc23)CN1C(=O)[C@@H](NC(=O)OCCF)C(C)(C)C)C(=O)NS(=O)(=O)C1(Cc2ccccc2)CC1. The fraction of sp³-hybridized carbons (Fsp3) is 0.413. The highest BCUT2D eigenvalue weighted by Crippen LogP contribution is 2.49. The highest BCUT2D eigenvalue weighted by Gasteiger charge is 2.63. The number of likely N-dealkylation sites (tertiary alicyclic amines) is 1. The molecule has 1 saturated heterocycles. The molecule has 3 aromatic carbocycles. The lowest BCUT2D eigenvalue weighted by molar-refractivity contribution is -0.142. The summed E-state index contributed by atoms with van der Waals surface area (Å²) in [5.41, 5.74) is 0.238. The Morgan fingerprint density at radius 1 is 1.02 bits per heavy atom. The molecule has 3 fully saturated rings. The molecule has 3 aliphatic rings. The van der Waals surface area contributed by atoms with Crippen LogP contribution in [0, 0.1) is 11.3 Å². The van der Waals surface area contributed by atoms with Gasteiger partial charge in [-0.05, 0) is 48.8 Å². The number of sulfonamides is 1. The van der Waals surface area contributed by atoms with Gasteiger partial charge in [-0.3, -0.25) is 19.1 Å². The van der Waals surface area contributed by atoms with Gasteiger partial charge in [-0.15, -0.1) is 6.58 Å². The van der Waals surface area contributed by atoms with Gasteiger partial charge in [0, 0.05) is 35.4 Å². The molecule has 16 heteroatoms. The van der Waals surface area contributed by atoms with E-state index in [4.69, 9.17) is 19.2 Å². The van der Waals surface area contributed by atoms with E-state index in [9.17, 15) is 32.0 Å². The molecule has 0 radical (unpaired) electrons. The number of carbonyl (C=O) groups excluding carboxylic acids is 4. The van der Waals surface area contributed by atoms with Gasteiger partial charge in [-0.1, -0.05) is 87.5 Å². The number of fused-ring (bicyclic) bond motifs is 1. The van der Waals surface area contributed by atoms with Crippen LogP contribution in [0.4, 0.5) is 9.18 Å². The molecule has 5 atom stereocenters.